The Kier molecular flexibility index (Phi) is 3.29. The molecular formula is C22H19N3O4. The van der Waals surface area contributed by atoms with Gasteiger partial charge in [-0.1, -0.05) is 24.3 Å². The van der Waals surface area contributed by atoms with Gasteiger partial charge in [0.2, 0.25) is 0 Å². The van der Waals surface area contributed by atoms with E-state index in [4.69, 9.17) is 0 Å². The number of ketones is 2. The van der Waals surface area contributed by atoms with Gasteiger partial charge in [-0.25, -0.2) is 0 Å². The van der Waals surface area contributed by atoms with Crippen molar-refractivity contribution in [1.82, 2.24) is 15.2 Å². The van der Waals surface area contributed by atoms with Gasteiger partial charge in [0.25, 0.3) is 0 Å². The molecule has 0 spiro atoms. The number of H-pyrrole nitrogens is 1. The van der Waals surface area contributed by atoms with Gasteiger partial charge in [0.05, 0.1) is 22.0 Å². The summed E-state index contributed by atoms with van der Waals surface area (Å²) < 4.78 is 0. The van der Waals surface area contributed by atoms with E-state index < -0.39 is 11.6 Å². The van der Waals surface area contributed by atoms with E-state index in [1.807, 2.05) is 0 Å². The van der Waals surface area contributed by atoms with Crippen LogP contribution in [0, 0.1) is 0 Å². The number of aromatic hydroxyl groups is 2. The van der Waals surface area contributed by atoms with Crippen molar-refractivity contribution < 1.29 is 19.8 Å². The molecule has 2 aromatic carbocycles. The number of nitrogens with zero attached hydrogens (tertiary/aromatic N) is 1. The lowest BCUT2D eigenvalue weighted by Gasteiger charge is -2.27. The summed E-state index contributed by atoms with van der Waals surface area (Å²) in [6.07, 6.45) is 2.86. The molecule has 2 fully saturated rings. The number of nitrogens with one attached hydrogen (secondary N) is 2. The lowest BCUT2D eigenvalue weighted by atomic mass is 9.82. The number of rotatable bonds is 2. The van der Waals surface area contributed by atoms with Crippen molar-refractivity contribution in [3.05, 3.63) is 58.3 Å². The maximum atomic E-state index is 13.1. The molecule has 6 rings (SSSR count). The maximum Gasteiger partial charge on any atom is 0.198 e. The summed E-state index contributed by atoms with van der Waals surface area (Å²) >= 11 is 0. The number of carbonyl (C=O) groups excluding carboxylic acids is 2. The van der Waals surface area contributed by atoms with E-state index in [0.717, 1.165) is 25.1 Å². The predicted octanol–water partition coefficient (Wildman–Crippen LogP) is 1.90. The molecule has 1 aliphatic carbocycles. The highest BCUT2D eigenvalue weighted by Crippen LogP contribution is 2.45. The van der Waals surface area contributed by atoms with Gasteiger partial charge in [0, 0.05) is 49.0 Å². The molecule has 146 valence electrons. The van der Waals surface area contributed by atoms with Crippen LogP contribution in [0.25, 0.3) is 10.9 Å². The minimum atomic E-state index is -0.455. The van der Waals surface area contributed by atoms with Gasteiger partial charge in [-0.2, -0.15) is 0 Å². The number of aromatic nitrogens is 1. The third-order valence-electron chi connectivity index (χ3n) is 6.57. The van der Waals surface area contributed by atoms with Crippen LogP contribution in [0.3, 0.4) is 0 Å². The number of phenols is 2. The number of hydrogen-bond acceptors (Lipinski definition) is 6. The summed E-state index contributed by atoms with van der Waals surface area (Å²) in [6, 6.07) is 7.45. The molecular weight excluding hydrogens is 370 g/mol. The van der Waals surface area contributed by atoms with Crippen LogP contribution in [0.15, 0.2) is 30.5 Å². The summed E-state index contributed by atoms with van der Waals surface area (Å²) in [5.41, 5.74) is 1.35. The molecule has 1 aromatic heterocycles. The molecule has 2 aliphatic heterocycles. The zero-order valence-corrected chi connectivity index (χ0v) is 15.5. The zero-order chi connectivity index (χ0) is 19.9. The third kappa shape index (κ3) is 2.14. The van der Waals surface area contributed by atoms with Crippen molar-refractivity contribution in [2.75, 3.05) is 13.1 Å². The fourth-order valence-corrected chi connectivity index (χ4v) is 5.18. The van der Waals surface area contributed by atoms with Crippen LogP contribution in [-0.2, 0) is 6.54 Å². The molecule has 4 N–H and O–H groups in total. The molecule has 0 radical (unpaired) electrons. The van der Waals surface area contributed by atoms with Crippen molar-refractivity contribution in [1.29, 1.82) is 0 Å². The van der Waals surface area contributed by atoms with E-state index in [1.54, 1.807) is 30.5 Å². The van der Waals surface area contributed by atoms with Crippen LogP contribution >= 0.6 is 0 Å². The Morgan fingerprint density at radius 3 is 2.34 bits per heavy atom. The fourth-order valence-electron chi connectivity index (χ4n) is 5.18. The molecule has 2 bridgehead atoms. The van der Waals surface area contributed by atoms with Crippen LogP contribution in [0.5, 0.6) is 11.5 Å². The summed E-state index contributed by atoms with van der Waals surface area (Å²) in [5, 5.41) is 25.8. The average Bonchev–Trinajstić information content (AvgIpc) is 3.45. The minimum absolute atomic E-state index is 0.107. The lowest BCUT2D eigenvalue weighted by Crippen LogP contribution is -2.42. The first kappa shape index (κ1) is 16.8. The van der Waals surface area contributed by atoms with Gasteiger partial charge < -0.3 is 20.5 Å². The fraction of sp³-hybridized carbons (Fsp3) is 0.273. The average molecular weight is 389 g/mol. The van der Waals surface area contributed by atoms with Gasteiger partial charge in [-0.3, -0.25) is 14.5 Å². The number of likely N-dealkylation sites (tertiary alicyclic amines) is 1. The Morgan fingerprint density at radius 2 is 1.72 bits per heavy atom. The SMILES string of the molecule is O=C1c2ccccc2C(=O)c2c1c(O)c1[nH]cc(CN3C[C@@H]4C[C@H]3CN4)c1c2O. The van der Waals surface area contributed by atoms with E-state index in [0.29, 0.717) is 29.5 Å². The van der Waals surface area contributed by atoms with Crippen molar-refractivity contribution in [2.24, 2.45) is 0 Å². The first-order valence-corrected chi connectivity index (χ1v) is 9.78. The second-order valence-electron chi connectivity index (χ2n) is 8.14. The van der Waals surface area contributed by atoms with E-state index in [1.165, 1.54) is 0 Å². The highest BCUT2D eigenvalue weighted by molar-refractivity contribution is 6.32. The molecule has 0 amide bonds. The van der Waals surface area contributed by atoms with E-state index in [-0.39, 0.29) is 33.8 Å². The van der Waals surface area contributed by atoms with Crippen molar-refractivity contribution in [2.45, 2.75) is 25.0 Å². The molecule has 0 saturated carbocycles. The normalized spacial score (nSPS) is 23.0. The first-order chi connectivity index (χ1) is 14.0. The summed E-state index contributed by atoms with van der Waals surface area (Å²) in [7, 11) is 0. The van der Waals surface area contributed by atoms with Gasteiger partial charge in [-0.15, -0.1) is 0 Å². The topological polar surface area (TPSA) is 106 Å². The molecule has 7 nitrogen and oxygen atoms in total. The smallest absolute Gasteiger partial charge is 0.198 e. The predicted molar refractivity (Wildman–Crippen MR) is 106 cm³/mol. The largest absolute Gasteiger partial charge is 0.506 e. The van der Waals surface area contributed by atoms with Crippen molar-refractivity contribution >= 4 is 22.5 Å². The highest BCUT2D eigenvalue weighted by Gasteiger charge is 2.39. The van der Waals surface area contributed by atoms with Gasteiger partial charge in [-0.05, 0) is 12.0 Å². The summed E-state index contributed by atoms with van der Waals surface area (Å²) in [4.78, 5) is 31.4. The third-order valence-corrected chi connectivity index (χ3v) is 6.57. The van der Waals surface area contributed by atoms with Crippen LogP contribution in [0.1, 0.15) is 43.8 Å². The lowest BCUT2D eigenvalue weighted by molar-refractivity contribution is 0.0974. The van der Waals surface area contributed by atoms with E-state index in [9.17, 15) is 19.8 Å². The minimum Gasteiger partial charge on any atom is -0.506 e. The number of phenolic OH excluding ortho intramolecular Hbond substituents is 2. The van der Waals surface area contributed by atoms with Gasteiger partial charge in [0.1, 0.15) is 5.75 Å². The Balaban J connectivity index is 1.53. The second kappa shape index (κ2) is 5.68. The van der Waals surface area contributed by atoms with Crippen molar-refractivity contribution in [3.8, 4) is 11.5 Å². The molecule has 3 aliphatic rings. The summed E-state index contributed by atoms with van der Waals surface area (Å²) in [6.45, 7) is 2.48. The van der Waals surface area contributed by atoms with E-state index in [2.05, 4.69) is 15.2 Å². The Bertz CT molecular complexity index is 1230. The molecule has 7 heteroatoms. The zero-order valence-electron chi connectivity index (χ0n) is 15.5. The number of benzene rings is 2. The van der Waals surface area contributed by atoms with Crippen molar-refractivity contribution in [3.63, 3.8) is 0 Å². The van der Waals surface area contributed by atoms with Gasteiger partial charge in [0.15, 0.2) is 17.3 Å². The van der Waals surface area contributed by atoms with E-state index >= 15 is 0 Å². The molecule has 0 unspecified atom stereocenters. The molecule has 3 heterocycles. The number of piperazine rings is 1. The number of fused-ring (bicyclic) bond motifs is 5. The van der Waals surface area contributed by atoms with Crippen LogP contribution in [-0.4, -0.2) is 56.8 Å². The molecule has 2 atom stereocenters. The summed E-state index contributed by atoms with van der Waals surface area (Å²) in [5.74, 6) is -1.42. The molecule has 3 aromatic rings. The van der Waals surface area contributed by atoms with Gasteiger partial charge >= 0.3 is 0 Å². The van der Waals surface area contributed by atoms with Crippen LogP contribution in [0.4, 0.5) is 0 Å². The highest BCUT2D eigenvalue weighted by atomic mass is 16.3. The molecule has 2 saturated heterocycles. The number of hydrogen-bond donors (Lipinski definition) is 4. The quantitative estimate of drug-likeness (QED) is 0.390. The first-order valence-electron chi connectivity index (χ1n) is 9.78. The molecule has 29 heavy (non-hydrogen) atoms. The van der Waals surface area contributed by atoms with Crippen LogP contribution < -0.4 is 5.32 Å². The Hall–Kier alpha value is -3.16. The van der Waals surface area contributed by atoms with Crippen LogP contribution in [0.2, 0.25) is 0 Å². The standard InChI is InChI=1S/C22H19N3O4/c26-19-13-3-1-2-4-14(13)20(27)17-16(19)21(28)15-10(6-24-18(15)22(17)29)8-25-9-11-5-12(25)7-23-11/h1-4,6,11-12,23-24,28-29H,5,7-9H2/t11-,12-/m0/s1. The Morgan fingerprint density at radius 1 is 1.03 bits per heavy atom. The number of aromatic amines is 1. The second-order valence-corrected chi connectivity index (χ2v) is 8.14. The monoisotopic (exact) mass is 389 g/mol. The Labute approximate surface area is 166 Å². The maximum absolute atomic E-state index is 13.1. The number of carbonyl (C=O) groups is 2.